The second-order valence-corrected chi connectivity index (χ2v) is 8.48. The van der Waals surface area contributed by atoms with Crippen LogP contribution < -0.4 is 5.32 Å². The molecule has 0 bridgehead atoms. The minimum absolute atomic E-state index is 0.0334. The molecule has 0 saturated heterocycles. The molecule has 0 aliphatic heterocycles. The van der Waals surface area contributed by atoms with E-state index >= 15 is 0 Å². The van der Waals surface area contributed by atoms with Gasteiger partial charge in [0.15, 0.2) is 0 Å². The molecule has 1 saturated carbocycles. The van der Waals surface area contributed by atoms with Gasteiger partial charge in [-0.25, -0.2) is 0 Å². The summed E-state index contributed by atoms with van der Waals surface area (Å²) in [6.45, 7) is 5.59. The molecule has 0 heterocycles. The highest BCUT2D eigenvalue weighted by atomic mass is 31.2. The Balaban J connectivity index is 2.87. The van der Waals surface area contributed by atoms with Crippen molar-refractivity contribution in [3.63, 3.8) is 0 Å². The van der Waals surface area contributed by atoms with E-state index < -0.39 is 12.9 Å². The van der Waals surface area contributed by atoms with E-state index in [0.29, 0.717) is 19.8 Å². The van der Waals surface area contributed by atoms with E-state index in [9.17, 15) is 9.67 Å². The van der Waals surface area contributed by atoms with Crippen LogP contribution in [0.4, 0.5) is 0 Å². The van der Waals surface area contributed by atoms with Gasteiger partial charge < -0.3 is 14.2 Å². The van der Waals surface area contributed by atoms with Crippen molar-refractivity contribution in [3.05, 3.63) is 0 Å². The average molecular weight is 335 g/mol. The van der Waals surface area contributed by atoms with Gasteiger partial charge >= 0.3 is 7.60 Å². The van der Waals surface area contributed by atoms with Crippen molar-refractivity contribution in [2.24, 2.45) is 0 Å². The zero-order valence-corrected chi connectivity index (χ0v) is 15.2. The Labute approximate surface area is 135 Å². The van der Waals surface area contributed by atoms with E-state index in [4.69, 9.17) is 9.05 Å². The lowest BCUT2D eigenvalue weighted by molar-refractivity contribution is 0.149. The van der Waals surface area contributed by atoms with E-state index in [0.717, 1.165) is 57.8 Å². The highest BCUT2D eigenvalue weighted by Crippen LogP contribution is 2.63. The molecule has 0 unspecified atom stereocenters. The molecule has 1 rings (SSSR count). The summed E-state index contributed by atoms with van der Waals surface area (Å²) in [6, 6.07) is 0. The Hall–Kier alpha value is 0.0700. The maximum Gasteiger partial charge on any atom is 0.350 e. The lowest BCUT2D eigenvalue weighted by atomic mass is 9.94. The summed E-state index contributed by atoms with van der Waals surface area (Å²) in [6.07, 6.45) is 8.58. The van der Waals surface area contributed by atoms with Crippen LogP contribution in [0.25, 0.3) is 0 Å². The first-order valence-corrected chi connectivity index (χ1v) is 10.4. The van der Waals surface area contributed by atoms with Gasteiger partial charge in [0.05, 0.1) is 19.8 Å². The summed E-state index contributed by atoms with van der Waals surface area (Å²) in [5.74, 6) is 0. The van der Waals surface area contributed by atoms with Crippen LogP contribution in [-0.2, 0) is 13.6 Å². The highest BCUT2D eigenvalue weighted by molar-refractivity contribution is 7.55. The largest absolute Gasteiger partial charge is 0.395 e. The third-order valence-electron chi connectivity index (χ3n) is 4.29. The molecular formula is C16H34NO4P. The van der Waals surface area contributed by atoms with Gasteiger partial charge in [-0.15, -0.1) is 0 Å². The van der Waals surface area contributed by atoms with Gasteiger partial charge in [-0.3, -0.25) is 9.88 Å². The van der Waals surface area contributed by atoms with E-state index in [2.05, 4.69) is 19.2 Å². The van der Waals surface area contributed by atoms with Gasteiger partial charge in [0.2, 0.25) is 0 Å². The Bertz CT molecular complexity index is 318. The summed E-state index contributed by atoms with van der Waals surface area (Å²) in [7, 11) is -3.24. The number of hydrogen-bond donors (Lipinski definition) is 2. The van der Waals surface area contributed by atoms with Crippen molar-refractivity contribution in [1.29, 1.82) is 0 Å². The number of aliphatic hydroxyl groups is 1. The third-order valence-corrected chi connectivity index (χ3v) is 6.99. The smallest absolute Gasteiger partial charge is 0.350 e. The van der Waals surface area contributed by atoms with Crippen molar-refractivity contribution in [3.8, 4) is 0 Å². The number of unbranched alkanes of at least 4 members (excludes halogenated alkanes) is 2. The van der Waals surface area contributed by atoms with E-state index in [1.807, 2.05) is 0 Å². The number of nitrogens with one attached hydrogen (secondary N) is 1. The molecule has 0 atom stereocenters. The molecular weight excluding hydrogens is 301 g/mol. The molecule has 22 heavy (non-hydrogen) atoms. The first-order valence-electron chi connectivity index (χ1n) is 8.89. The number of hydrogen-bond acceptors (Lipinski definition) is 5. The van der Waals surface area contributed by atoms with Crippen molar-refractivity contribution < 1.29 is 18.7 Å². The fourth-order valence-corrected chi connectivity index (χ4v) is 5.39. The quantitative estimate of drug-likeness (QED) is 0.416. The molecule has 0 aromatic heterocycles. The Morgan fingerprint density at radius 2 is 1.59 bits per heavy atom. The fraction of sp³-hybridized carbons (Fsp3) is 1.00. The minimum Gasteiger partial charge on any atom is -0.395 e. The maximum absolute atomic E-state index is 13.6. The molecule has 1 aliphatic rings. The van der Waals surface area contributed by atoms with Crippen LogP contribution in [0.5, 0.6) is 0 Å². The topological polar surface area (TPSA) is 67.8 Å². The Kier molecular flexibility index (Phi) is 9.85. The molecule has 0 spiro atoms. The van der Waals surface area contributed by atoms with Gasteiger partial charge in [-0.2, -0.15) is 0 Å². The minimum atomic E-state index is -3.24. The predicted octanol–water partition coefficient (Wildman–Crippen LogP) is 4.06. The van der Waals surface area contributed by atoms with Crippen molar-refractivity contribution in [2.75, 3.05) is 26.4 Å². The molecule has 0 aromatic rings. The van der Waals surface area contributed by atoms with Crippen LogP contribution in [0.3, 0.4) is 0 Å². The summed E-state index contributed by atoms with van der Waals surface area (Å²) in [4.78, 5) is 0. The van der Waals surface area contributed by atoms with Gasteiger partial charge in [0.25, 0.3) is 0 Å². The van der Waals surface area contributed by atoms with Gasteiger partial charge in [-0.05, 0) is 25.7 Å². The normalized spacial score (nSPS) is 18.5. The molecule has 1 fully saturated rings. The number of rotatable bonds is 12. The van der Waals surface area contributed by atoms with Crippen LogP contribution in [0.15, 0.2) is 0 Å². The second kappa shape index (κ2) is 10.8. The first kappa shape index (κ1) is 20.1. The van der Waals surface area contributed by atoms with Gasteiger partial charge in [0, 0.05) is 6.54 Å². The zero-order valence-electron chi connectivity index (χ0n) is 14.3. The summed E-state index contributed by atoms with van der Waals surface area (Å²) in [5, 5.41) is 11.9. The summed E-state index contributed by atoms with van der Waals surface area (Å²) in [5.41, 5.74) is 0. The van der Waals surface area contributed by atoms with E-state index in [-0.39, 0.29) is 6.61 Å². The van der Waals surface area contributed by atoms with Crippen LogP contribution in [0.2, 0.25) is 0 Å². The molecule has 5 nitrogen and oxygen atoms in total. The molecule has 1 aliphatic carbocycles. The SMILES string of the molecule is CCCCOP(=O)(OCCCC)C1(NCCO)CCCCC1. The van der Waals surface area contributed by atoms with Crippen molar-refractivity contribution >= 4 is 7.60 Å². The van der Waals surface area contributed by atoms with E-state index in [1.54, 1.807) is 0 Å². The van der Waals surface area contributed by atoms with Crippen LogP contribution in [-0.4, -0.2) is 36.8 Å². The molecule has 2 N–H and O–H groups in total. The third kappa shape index (κ3) is 5.61. The van der Waals surface area contributed by atoms with Crippen LogP contribution >= 0.6 is 7.60 Å². The zero-order chi connectivity index (χ0) is 16.3. The Morgan fingerprint density at radius 3 is 2.05 bits per heavy atom. The van der Waals surface area contributed by atoms with Crippen molar-refractivity contribution in [1.82, 2.24) is 5.32 Å². The summed E-state index contributed by atoms with van der Waals surface area (Å²) < 4.78 is 25.2. The fourth-order valence-electron chi connectivity index (χ4n) is 2.92. The standard InChI is InChI=1S/C16H34NO4P/c1-3-5-14-20-22(19,21-15-6-4-2)16(17-12-13-18)10-8-7-9-11-16/h17-18H,3-15H2,1-2H3. The molecule has 0 aromatic carbocycles. The van der Waals surface area contributed by atoms with Gasteiger partial charge in [0.1, 0.15) is 5.28 Å². The molecule has 0 radical (unpaired) electrons. The highest BCUT2D eigenvalue weighted by Gasteiger charge is 2.51. The van der Waals surface area contributed by atoms with Gasteiger partial charge in [-0.1, -0.05) is 46.0 Å². The van der Waals surface area contributed by atoms with Crippen LogP contribution in [0, 0.1) is 0 Å². The summed E-state index contributed by atoms with van der Waals surface area (Å²) >= 11 is 0. The molecule has 132 valence electrons. The predicted molar refractivity (Wildman–Crippen MR) is 90.2 cm³/mol. The first-order chi connectivity index (χ1) is 10.6. The molecule has 0 amide bonds. The monoisotopic (exact) mass is 335 g/mol. The average Bonchev–Trinajstić information content (AvgIpc) is 2.54. The van der Waals surface area contributed by atoms with Crippen molar-refractivity contribution in [2.45, 2.75) is 76.9 Å². The second-order valence-electron chi connectivity index (χ2n) is 6.11. The maximum atomic E-state index is 13.6. The molecule has 6 heteroatoms. The Morgan fingerprint density at radius 1 is 1.05 bits per heavy atom. The van der Waals surface area contributed by atoms with E-state index in [1.165, 1.54) is 0 Å². The number of aliphatic hydroxyl groups excluding tert-OH is 1. The lowest BCUT2D eigenvalue weighted by Crippen LogP contribution is -2.48. The lowest BCUT2D eigenvalue weighted by Gasteiger charge is -2.42. The van der Waals surface area contributed by atoms with Crippen LogP contribution in [0.1, 0.15) is 71.6 Å².